The van der Waals surface area contributed by atoms with Gasteiger partial charge in [0, 0.05) is 25.4 Å². The topological polar surface area (TPSA) is 39.1 Å². The number of aromatic nitrogens is 2. The fourth-order valence-corrected chi connectivity index (χ4v) is 2.80. The minimum absolute atomic E-state index is 0.409. The molecule has 4 heteroatoms. The minimum atomic E-state index is 0.409. The second kappa shape index (κ2) is 7.65. The van der Waals surface area contributed by atoms with Gasteiger partial charge in [-0.2, -0.15) is 5.10 Å². The Morgan fingerprint density at radius 1 is 1.53 bits per heavy atom. The van der Waals surface area contributed by atoms with Crippen molar-refractivity contribution in [2.75, 3.05) is 13.2 Å². The molecule has 108 valence electrons. The van der Waals surface area contributed by atoms with Gasteiger partial charge in [-0.25, -0.2) is 0 Å². The molecule has 1 aromatic rings. The molecule has 1 N–H and O–H groups in total. The number of ether oxygens (including phenoxy) is 1. The first-order valence-corrected chi connectivity index (χ1v) is 7.71. The van der Waals surface area contributed by atoms with Crippen LogP contribution in [0.25, 0.3) is 0 Å². The van der Waals surface area contributed by atoms with Crippen molar-refractivity contribution in [2.24, 2.45) is 0 Å². The van der Waals surface area contributed by atoms with Crippen LogP contribution in [0.5, 0.6) is 0 Å². The third-order valence-corrected chi connectivity index (χ3v) is 3.85. The van der Waals surface area contributed by atoms with Crippen molar-refractivity contribution in [2.45, 2.75) is 64.6 Å². The lowest BCUT2D eigenvalue weighted by atomic mass is 10.0. The average Bonchev–Trinajstić information content (AvgIpc) is 3.09. The number of nitrogens with zero attached hydrogens (tertiary/aromatic N) is 2. The predicted molar refractivity (Wildman–Crippen MR) is 77.1 cm³/mol. The summed E-state index contributed by atoms with van der Waals surface area (Å²) in [5.41, 5.74) is 1.31. The van der Waals surface area contributed by atoms with E-state index in [4.69, 9.17) is 4.74 Å². The maximum atomic E-state index is 5.73. The van der Waals surface area contributed by atoms with Gasteiger partial charge in [0.05, 0.1) is 11.8 Å². The lowest BCUT2D eigenvalue weighted by Crippen LogP contribution is -2.26. The number of aryl methyl sites for hydroxylation is 1. The molecule has 19 heavy (non-hydrogen) atoms. The fraction of sp³-hybridized carbons (Fsp3) is 0.800. The molecular formula is C15H27N3O. The first-order valence-electron chi connectivity index (χ1n) is 7.71. The number of hydrogen-bond acceptors (Lipinski definition) is 3. The molecule has 0 spiro atoms. The van der Waals surface area contributed by atoms with Crippen LogP contribution in [0, 0.1) is 0 Å². The number of nitrogens with one attached hydrogen (secondary N) is 1. The van der Waals surface area contributed by atoms with E-state index in [9.17, 15) is 0 Å². The summed E-state index contributed by atoms with van der Waals surface area (Å²) in [5.74, 6) is 0. The van der Waals surface area contributed by atoms with Gasteiger partial charge in [0.15, 0.2) is 0 Å². The van der Waals surface area contributed by atoms with Gasteiger partial charge in [-0.05, 0) is 51.6 Å². The van der Waals surface area contributed by atoms with Crippen LogP contribution in [-0.2, 0) is 11.3 Å². The first kappa shape index (κ1) is 14.5. The summed E-state index contributed by atoms with van der Waals surface area (Å²) in [7, 11) is 0. The Morgan fingerprint density at radius 2 is 2.42 bits per heavy atom. The molecule has 0 aliphatic carbocycles. The highest BCUT2D eigenvalue weighted by molar-refractivity contribution is 5.07. The van der Waals surface area contributed by atoms with Crippen LogP contribution >= 0.6 is 0 Å². The number of hydrogen-bond donors (Lipinski definition) is 1. The highest BCUT2D eigenvalue weighted by atomic mass is 16.5. The van der Waals surface area contributed by atoms with Crippen molar-refractivity contribution in [3.63, 3.8) is 0 Å². The Labute approximate surface area is 116 Å². The maximum Gasteiger partial charge on any atom is 0.0576 e. The summed E-state index contributed by atoms with van der Waals surface area (Å²) >= 11 is 0. The maximum absolute atomic E-state index is 5.73. The molecule has 1 aliphatic heterocycles. The Hall–Kier alpha value is -0.870. The fourth-order valence-electron chi connectivity index (χ4n) is 2.80. The smallest absolute Gasteiger partial charge is 0.0576 e. The van der Waals surface area contributed by atoms with Crippen LogP contribution in [-0.4, -0.2) is 29.0 Å². The molecule has 0 aromatic carbocycles. The number of rotatable bonds is 8. The summed E-state index contributed by atoms with van der Waals surface area (Å²) in [4.78, 5) is 0. The standard InChI is InChI=1S/C15H27N3O/c1-3-10-16-14(8-7-13-6-5-12-19-13)15-9-11-17-18(15)4-2/h9,11,13-14,16H,3-8,10,12H2,1-2H3. The molecule has 4 nitrogen and oxygen atoms in total. The molecule has 1 aromatic heterocycles. The molecule has 0 amide bonds. The highest BCUT2D eigenvalue weighted by Gasteiger charge is 2.20. The lowest BCUT2D eigenvalue weighted by Gasteiger charge is -2.21. The molecule has 0 radical (unpaired) electrons. The Morgan fingerprint density at radius 3 is 3.11 bits per heavy atom. The monoisotopic (exact) mass is 265 g/mol. The predicted octanol–water partition coefficient (Wildman–Crippen LogP) is 2.90. The second-order valence-corrected chi connectivity index (χ2v) is 5.29. The van der Waals surface area contributed by atoms with Crippen molar-refractivity contribution in [3.8, 4) is 0 Å². The van der Waals surface area contributed by atoms with E-state index in [2.05, 4.69) is 35.0 Å². The molecular weight excluding hydrogens is 238 g/mol. The van der Waals surface area contributed by atoms with Gasteiger partial charge in [0.2, 0.25) is 0 Å². The van der Waals surface area contributed by atoms with Gasteiger partial charge in [0.25, 0.3) is 0 Å². The molecule has 0 bridgehead atoms. The third kappa shape index (κ3) is 4.05. The van der Waals surface area contributed by atoms with E-state index in [0.29, 0.717) is 12.1 Å². The largest absolute Gasteiger partial charge is 0.378 e. The van der Waals surface area contributed by atoms with Crippen LogP contribution in [0.1, 0.15) is 57.7 Å². The van der Waals surface area contributed by atoms with Gasteiger partial charge < -0.3 is 10.1 Å². The zero-order valence-electron chi connectivity index (χ0n) is 12.3. The molecule has 2 rings (SSSR count). The zero-order valence-corrected chi connectivity index (χ0v) is 12.3. The van der Waals surface area contributed by atoms with Gasteiger partial charge in [0.1, 0.15) is 0 Å². The summed E-state index contributed by atoms with van der Waals surface area (Å²) in [6, 6.07) is 2.55. The molecule has 1 fully saturated rings. The SMILES string of the molecule is CCCNC(CCC1CCCO1)c1ccnn1CC. The van der Waals surface area contributed by atoms with E-state index >= 15 is 0 Å². The molecule has 2 unspecified atom stereocenters. The van der Waals surface area contributed by atoms with Crippen LogP contribution in [0.3, 0.4) is 0 Å². The molecule has 1 aliphatic rings. The third-order valence-electron chi connectivity index (χ3n) is 3.85. The van der Waals surface area contributed by atoms with Crippen molar-refractivity contribution in [1.82, 2.24) is 15.1 Å². The summed E-state index contributed by atoms with van der Waals surface area (Å²) < 4.78 is 7.83. The van der Waals surface area contributed by atoms with Crippen LogP contribution in [0.4, 0.5) is 0 Å². The summed E-state index contributed by atoms with van der Waals surface area (Å²) in [5, 5.41) is 8.04. The Kier molecular flexibility index (Phi) is 5.86. The Balaban J connectivity index is 1.94. The van der Waals surface area contributed by atoms with E-state index < -0.39 is 0 Å². The zero-order chi connectivity index (χ0) is 13.5. The van der Waals surface area contributed by atoms with Gasteiger partial charge >= 0.3 is 0 Å². The summed E-state index contributed by atoms with van der Waals surface area (Å²) in [6.45, 7) is 7.30. The van der Waals surface area contributed by atoms with E-state index in [1.807, 2.05) is 6.20 Å². The van der Waals surface area contributed by atoms with Crippen LogP contribution in [0.2, 0.25) is 0 Å². The van der Waals surface area contributed by atoms with Gasteiger partial charge in [-0.1, -0.05) is 6.92 Å². The highest BCUT2D eigenvalue weighted by Crippen LogP contribution is 2.24. The normalized spacial score (nSPS) is 20.8. The average molecular weight is 265 g/mol. The van der Waals surface area contributed by atoms with Crippen molar-refractivity contribution >= 4 is 0 Å². The Bertz CT molecular complexity index is 358. The molecule has 0 saturated carbocycles. The minimum Gasteiger partial charge on any atom is -0.378 e. The van der Waals surface area contributed by atoms with Crippen molar-refractivity contribution in [1.29, 1.82) is 0 Å². The van der Waals surface area contributed by atoms with Crippen molar-refractivity contribution < 1.29 is 4.74 Å². The van der Waals surface area contributed by atoms with Gasteiger partial charge in [-0.15, -0.1) is 0 Å². The van der Waals surface area contributed by atoms with E-state index in [1.165, 1.54) is 18.5 Å². The quantitative estimate of drug-likeness (QED) is 0.785. The van der Waals surface area contributed by atoms with Crippen molar-refractivity contribution in [3.05, 3.63) is 18.0 Å². The first-order chi connectivity index (χ1) is 9.35. The van der Waals surface area contributed by atoms with Gasteiger partial charge in [-0.3, -0.25) is 4.68 Å². The van der Waals surface area contributed by atoms with Crippen LogP contribution < -0.4 is 5.32 Å². The van der Waals surface area contributed by atoms with Crippen LogP contribution in [0.15, 0.2) is 12.3 Å². The molecule has 2 atom stereocenters. The summed E-state index contributed by atoms with van der Waals surface area (Å²) in [6.07, 6.45) is 8.29. The molecule has 2 heterocycles. The van der Waals surface area contributed by atoms with E-state index in [1.54, 1.807) is 0 Å². The van der Waals surface area contributed by atoms with E-state index in [0.717, 1.165) is 39.0 Å². The van der Waals surface area contributed by atoms with E-state index in [-0.39, 0.29) is 0 Å². The second-order valence-electron chi connectivity index (χ2n) is 5.29. The molecule has 1 saturated heterocycles. The lowest BCUT2D eigenvalue weighted by molar-refractivity contribution is 0.0993.